The molecule has 5 rings (SSSR count). The molecule has 2 heterocycles. The van der Waals surface area contributed by atoms with Gasteiger partial charge in [-0.3, -0.25) is 9.36 Å². The Hall–Kier alpha value is -3.09. The summed E-state index contributed by atoms with van der Waals surface area (Å²) < 4.78 is 26.3. The Bertz CT molecular complexity index is 2060. The molecule has 1 aromatic heterocycles. The number of methoxy groups -OCH3 is 2. The smallest absolute Gasteiger partial charge is 0.338 e. The predicted molar refractivity (Wildman–Crippen MR) is 192 cm³/mol. The van der Waals surface area contributed by atoms with Gasteiger partial charge in [0.2, 0.25) is 0 Å². The average molecular weight is 825 g/mol. The molecule has 246 valence electrons. The van der Waals surface area contributed by atoms with E-state index in [1.54, 1.807) is 68.2 Å². The largest absolute Gasteiger partial charge is 0.496 e. The standard InChI is InChI=1S/C34H30Br2Cl2N2O6S/c1-5-7-25-30(33(42)45-6-2)31(22-14-20(35)9-11-26(22)43-3)40-32(41)29(47-34(40)39-25)13-19-12-27(44-4)28(16-23(19)36)46-17-18-8-10-21(37)15-24(18)38/h8-16,31H,5-7,17H2,1-4H3/b29-13+/t31-/m1/s1. The van der Waals surface area contributed by atoms with Gasteiger partial charge in [-0.05, 0) is 67.4 Å². The van der Waals surface area contributed by atoms with E-state index in [2.05, 4.69) is 31.9 Å². The van der Waals surface area contributed by atoms with Crippen LogP contribution in [-0.4, -0.2) is 31.4 Å². The lowest BCUT2D eigenvalue weighted by atomic mass is 9.93. The maximum absolute atomic E-state index is 14.3. The van der Waals surface area contributed by atoms with Crippen LogP contribution in [0.5, 0.6) is 17.2 Å². The Morgan fingerprint density at radius 2 is 1.79 bits per heavy atom. The highest BCUT2D eigenvalue weighted by molar-refractivity contribution is 9.10. The summed E-state index contributed by atoms with van der Waals surface area (Å²) in [6.07, 6.45) is 3.03. The van der Waals surface area contributed by atoms with Crippen molar-refractivity contribution in [1.29, 1.82) is 0 Å². The van der Waals surface area contributed by atoms with Gasteiger partial charge < -0.3 is 18.9 Å². The second-order valence-corrected chi connectivity index (χ2v) is 14.0. The van der Waals surface area contributed by atoms with E-state index in [9.17, 15) is 9.59 Å². The molecule has 3 aromatic carbocycles. The lowest BCUT2D eigenvalue weighted by molar-refractivity contribution is -0.139. The van der Waals surface area contributed by atoms with Gasteiger partial charge in [0.05, 0.1) is 36.6 Å². The van der Waals surface area contributed by atoms with Crippen LogP contribution in [0.25, 0.3) is 6.08 Å². The molecule has 0 aliphatic carbocycles. The maximum Gasteiger partial charge on any atom is 0.338 e. The van der Waals surface area contributed by atoms with Crippen molar-refractivity contribution in [2.75, 3.05) is 20.8 Å². The number of hydrogen-bond acceptors (Lipinski definition) is 8. The Balaban J connectivity index is 1.64. The zero-order valence-corrected chi connectivity index (χ0v) is 31.4. The zero-order chi connectivity index (χ0) is 33.8. The lowest BCUT2D eigenvalue weighted by Crippen LogP contribution is -2.40. The third kappa shape index (κ3) is 7.49. The fraction of sp³-hybridized carbons (Fsp3) is 0.265. The molecule has 0 unspecified atom stereocenters. The molecule has 4 aromatic rings. The molecule has 1 atom stereocenters. The first kappa shape index (κ1) is 35.2. The van der Waals surface area contributed by atoms with Crippen LogP contribution < -0.4 is 29.1 Å². The third-order valence-electron chi connectivity index (χ3n) is 7.35. The number of nitrogens with zero attached hydrogens (tertiary/aromatic N) is 2. The minimum absolute atomic E-state index is 0.177. The Labute approximate surface area is 302 Å². The number of thiazole rings is 1. The highest BCUT2D eigenvalue weighted by atomic mass is 79.9. The number of aromatic nitrogens is 1. The third-order valence-corrected chi connectivity index (χ3v) is 10.1. The van der Waals surface area contributed by atoms with Crippen molar-refractivity contribution in [1.82, 2.24) is 4.57 Å². The van der Waals surface area contributed by atoms with Crippen molar-refractivity contribution in [3.63, 3.8) is 0 Å². The number of halogens is 4. The average Bonchev–Trinajstić information content (AvgIpc) is 3.35. The van der Waals surface area contributed by atoms with Crippen LogP contribution in [0.4, 0.5) is 0 Å². The molecule has 0 saturated heterocycles. The van der Waals surface area contributed by atoms with Crippen LogP contribution in [0, 0.1) is 0 Å². The van der Waals surface area contributed by atoms with E-state index in [1.165, 1.54) is 11.3 Å². The monoisotopic (exact) mass is 822 g/mol. The lowest BCUT2D eigenvalue weighted by Gasteiger charge is -2.27. The van der Waals surface area contributed by atoms with Gasteiger partial charge in [-0.1, -0.05) is 85.8 Å². The minimum Gasteiger partial charge on any atom is -0.496 e. The summed E-state index contributed by atoms with van der Waals surface area (Å²) in [6, 6.07) is 13.4. The summed E-state index contributed by atoms with van der Waals surface area (Å²) in [6.45, 7) is 4.13. The summed E-state index contributed by atoms with van der Waals surface area (Å²) in [7, 11) is 3.10. The summed E-state index contributed by atoms with van der Waals surface area (Å²) in [5, 5.41) is 1.03. The number of fused-ring (bicyclic) bond motifs is 1. The topological polar surface area (TPSA) is 88.4 Å². The molecule has 0 spiro atoms. The predicted octanol–water partition coefficient (Wildman–Crippen LogP) is 8.01. The van der Waals surface area contributed by atoms with Gasteiger partial charge >= 0.3 is 5.97 Å². The molecule has 0 saturated carbocycles. The normalized spacial score (nSPS) is 14.5. The van der Waals surface area contributed by atoms with Crippen LogP contribution in [0.15, 0.2) is 78.5 Å². The second-order valence-electron chi connectivity index (χ2n) is 10.3. The molecule has 1 aliphatic rings. The summed E-state index contributed by atoms with van der Waals surface area (Å²) in [4.78, 5) is 33.1. The van der Waals surface area contributed by atoms with Crippen molar-refractivity contribution in [2.45, 2.75) is 39.3 Å². The second kappa shape index (κ2) is 15.4. The number of hydrogen-bond donors (Lipinski definition) is 0. The van der Waals surface area contributed by atoms with E-state index in [4.69, 9.17) is 47.1 Å². The molecule has 8 nitrogen and oxygen atoms in total. The summed E-state index contributed by atoms with van der Waals surface area (Å²) in [5.74, 6) is 0.942. The van der Waals surface area contributed by atoms with Gasteiger partial charge in [-0.25, -0.2) is 9.79 Å². The molecule has 47 heavy (non-hydrogen) atoms. The minimum atomic E-state index is -0.824. The van der Waals surface area contributed by atoms with Gasteiger partial charge in [-0.2, -0.15) is 0 Å². The van der Waals surface area contributed by atoms with E-state index in [1.807, 2.05) is 19.1 Å². The molecule has 0 amide bonds. The van der Waals surface area contributed by atoms with Crippen LogP contribution in [-0.2, 0) is 16.1 Å². The first-order valence-electron chi connectivity index (χ1n) is 14.6. The van der Waals surface area contributed by atoms with E-state index in [0.717, 1.165) is 16.5 Å². The maximum atomic E-state index is 14.3. The van der Waals surface area contributed by atoms with Gasteiger partial charge in [-0.15, -0.1) is 0 Å². The number of rotatable bonds is 11. The van der Waals surface area contributed by atoms with Crippen molar-refractivity contribution >= 4 is 78.4 Å². The van der Waals surface area contributed by atoms with Gasteiger partial charge in [0.15, 0.2) is 16.3 Å². The molecular formula is C34H30Br2Cl2N2O6S. The van der Waals surface area contributed by atoms with Crippen LogP contribution in [0.1, 0.15) is 49.4 Å². The molecule has 1 aliphatic heterocycles. The first-order valence-corrected chi connectivity index (χ1v) is 17.8. The van der Waals surface area contributed by atoms with Crippen LogP contribution in [0.2, 0.25) is 10.0 Å². The molecule has 0 N–H and O–H groups in total. The fourth-order valence-corrected chi connectivity index (χ4v) is 7.49. The summed E-state index contributed by atoms with van der Waals surface area (Å²) in [5.41, 5.74) is 2.65. The highest BCUT2D eigenvalue weighted by Gasteiger charge is 2.36. The van der Waals surface area contributed by atoms with Crippen molar-refractivity contribution < 1.29 is 23.7 Å². The van der Waals surface area contributed by atoms with E-state index < -0.39 is 12.0 Å². The van der Waals surface area contributed by atoms with E-state index >= 15 is 0 Å². The Morgan fingerprint density at radius 3 is 2.47 bits per heavy atom. The van der Waals surface area contributed by atoms with Crippen molar-refractivity contribution in [3.05, 3.63) is 115 Å². The van der Waals surface area contributed by atoms with Crippen molar-refractivity contribution in [3.8, 4) is 17.2 Å². The number of carbonyl (C=O) groups is 1. The van der Waals surface area contributed by atoms with E-state index in [0.29, 0.717) is 69.9 Å². The molecular weight excluding hydrogens is 795 g/mol. The Kier molecular flexibility index (Phi) is 11.6. The number of benzene rings is 3. The van der Waals surface area contributed by atoms with Gasteiger partial charge in [0.1, 0.15) is 18.4 Å². The quantitative estimate of drug-likeness (QED) is 0.143. The van der Waals surface area contributed by atoms with Gasteiger partial charge in [0, 0.05) is 30.1 Å². The first-order chi connectivity index (χ1) is 22.6. The van der Waals surface area contributed by atoms with Crippen LogP contribution >= 0.6 is 66.4 Å². The van der Waals surface area contributed by atoms with E-state index in [-0.39, 0.29) is 18.8 Å². The number of esters is 1. The number of carbonyl (C=O) groups excluding carboxylic acids is 1. The summed E-state index contributed by atoms with van der Waals surface area (Å²) >= 11 is 20.8. The molecule has 13 heteroatoms. The van der Waals surface area contributed by atoms with Crippen molar-refractivity contribution in [2.24, 2.45) is 4.99 Å². The SMILES string of the molecule is CCCC1=C(C(=O)OCC)[C@@H](c2cc(Br)ccc2OC)n2c(s/c(=C/c3cc(OC)c(OCc4ccc(Cl)cc4Cl)cc3Br)c2=O)=N1. The van der Waals surface area contributed by atoms with Gasteiger partial charge in [0.25, 0.3) is 5.56 Å². The fourth-order valence-electron chi connectivity index (χ4n) is 5.20. The Morgan fingerprint density at radius 1 is 1.02 bits per heavy atom. The molecule has 0 bridgehead atoms. The highest BCUT2D eigenvalue weighted by Crippen LogP contribution is 2.39. The zero-order valence-electron chi connectivity index (χ0n) is 25.9. The number of allylic oxidation sites excluding steroid dienone is 1. The molecule has 0 radical (unpaired) electrons. The number of ether oxygens (including phenoxy) is 4. The van der Waals surface area contributed by atoms with Crippen LogP contribution in [0.3, 0.4) is 0 Å². The molecule has 0 fully saturated rings.